The molecule has 0 bridgehead atoms. The number of hydrogen-bond donors (Lipinski definition) is 4. The number of benzene rings is 1. The molecule has 10 nitrogen and oxygen atoms in total. The van der Waals surface area contributed by atoms with Gasteiger partial charge < -0.3 is 30.9 Å². The molecule has 34 heavy (non-hydrogen) atoms. The third kappa shape index (κ3) is 5.41. The van der Waals surface area contributed by atoms with Crippen LogP contribution in [0.5, 0.6) is 5.75 Å². The van der Waals surface area contributed by atoms with Gasteiger partial charge in [-0.05, 0) is 42.3 Å². The van der Waals surface area contributed by atoms with Crippen LogP contribution < -0.4 is 21.1 Å². The molecule has 1 amide bonds. The van der Waals surface area contributed by atoms with Gasteiger partial charge in [-0.3, -0.25) is 14.6 Å². The first kappa shape index (κ1) is 25.3. The molecule has 3 atom stereocenters. The van der Waals surface area contributed by atoms with Gasteiger partial charge in [-0.1, -0.05) is 25.1 Å². The van der Waals surface area contributed by atoms with Crippen molar-refractivity contribution < 1.29 is 29.0 Å². The second-order valence-corrected chi connectivity index (χ2v) is 8.00. The van der Waals surface area contributed by atoms with Gasteiger partial charge in [0.1, 0.15) is 11.4 Å². The molecule has 2 heterocycles. The van der Waals surface area contributed by atoms with Crippen LogP contribution in [0.2, 0.25) is 0 Å². The molecule has 0 spiro atoms. The highest BCUT2D eigenvalue weighted by Gasteiger charge is 2.51. The van der Waals surface area contributed by atoms with E-state index in [1.54, 1.807) is 25.3 Å². The van der Waals surface area contributed by atoms with Gasteiger partial charge in [0.25, 0.3) is 5.91 Å². The third-order valence-corrected chi connectivity index (χ3v) is 5.89. The van der Waals surface area contributed by atoms with Gasteiger partial charge >= 0.3 is 11.7 Å². The number of methoxy groups -OCH3 is 1. The van der Waals surface area contributed by atoms with E-state index in [-0.39, 0.29) is 24.6 Å². The molecular weight excluding hydrogens is 440 g/mol. The Hall–Kier alpha value is -3.34. The van der Waals surface area contributed by atoms with Gasteiger partial charge in [0.2, 0.25) is 0 Å². The number of ether oxygens (including phenoxy) is 2. The Morgan fingerprint density at radius 3 is 2.53 bits per heavy atom. The summed E-state index contributed by atoms with van der Waals surface area (Å²) in [4.78, 5) is 42.4. The highest BCUT2D eigenvalue weighted by molar-refractivity contribution is 6.10. The summed E-state index contributed by atoms with van der Waals surface area (Å²) in [6.45, 7) is 2.85. The van der Waals surface area contributed by atoms with E-state index in [0.29, 0.717) is 30.8 Å². The van der Waals surface area contributed by atoms with E-state index in [2.05, 4.69) is 15.6 Å². The quantitative estimate of drug-likeness (QED) is 0.296. The number of carbonyl (C=O) groups is 3. The molecule has 1 aliphatic rings. The lowest BCUT2D eigenvalue weighted by atomic mass is 9.88. The van der Waals surface area contributed by atoms with Gasteiger partial charge in [0, 0.05) is 31.6 Å². The molecule has 2 aromatic rings. The van der Waals surface area contributed by atoms with Crippen LogP contribution in [0.25, 0.3) is 0 Å². The lowest BCUT2D eigenvalue weighted by molar-refractivity contribution is -0.187. The number of carboxylic acids is 1. The standard InChI is InChI=1S/C24H30N4O6/c1-3-21(29)24(23(31)32,28-22(30)19-9-4-15(12-25)13-27-19)34-20-10-11-26-14-18(20)16-5-7-17(33-2)8-6-16/h4-9,13,18,20,26H,3,10-12,14,25H2,1-2H3,(H,28,30)(H,31,32). The van der Waals surface area contributed by atoms with Crippen LogP contribution in [-0.2, 0) is 20.9 Å². The number of nitrogens with two attached hydrogens (primary N) is 1. The van der Waals surface area contributed by atoms with Crippen molar-refractivity contribution >= 4 is 17.7 Å². The molecule has 10 heteroatoms. The first-order valence-corrected chi connectivity index (χ1v) is 11.1. The number of carboxylic acid groups (broad SMARTS) is 1. The van der Waals surface area contributed by atoms with Crippen LogP contribution in [0.3, 0.4) is 0 Å². The smallest absolute Gasteiger partial charge is 0.365 e. The van der Waals surface area contributed by atoms with Gasteiger partial charge in [-0.15, -0.1) is 0 Å². The first-order valence-electron chi connectivity index (χ1n) is 11.1. The summed E-state index contributed by atoms with van der Waals surface area (Å²) in [6.07, 6.45) is 1.08. The van der Waals surface area contributed by atoms with E-state index in [1.807, 2.05) is 12.1 Å². The van der Waals surface area contributed by atoms with Crippen molar-refractivity contribution in [2.45, 2.75) is 44.1 Å². The average molecular weight is 471 g/mol. The number of aliphatic carboxylic acids is 1. The molecule has 0 aliphatic carbocycles. The number of nitrogens with zero attached hydrogens (tertiary/aromatic N) is 1. The van der Waals surface area contributed by atoms with E-state index in [0.717, 1.165) is 5.56 Å². The Morgan fingerprint density at radius 1 is 1.24 bits per heavy atom. The lowest BCUT2D eigenvalue weighted by Crippen LogP contribution is -2.64. The van der Waals surface area contributed by atoms with E-state index < -0.39 is 29.5 Å². The second-order valence-electron chi connectivity index (χ2n) is 8.00. The normalized spacial score (nSPS) is 19.6. The molecule has 0 saturated carbocycles. The summed E-state index contributed by atoms with van der Waals surface area (Å²) in [5.74, 6) is -2.74. The predicted octanol–water partition coefficient (Wildman–Crippen LogP) is 1.20. The van der Waals surface area contributed by atoms with Crippen molar-refractivity contribution in [3.8, 4) is 5.75 Å². The topological polar surface area (TPSA) is 153 Å². The number of ketones is 1. The summed E-state index contributed by atoms with van der Waals surface area (Å²) in [6, 6.07) is 10.4. The fraction of sp³-hybridized carbons (Fsp3) is 0.417. The molecule has 1 saturated heterocycles. The summed E-state index contributed by atoms with van der Waals surface area (Å²) < 4.78 is 11.3. The SMILES string of the molecule is CCC(=O)C(NC(=O)c1ccc(CN)cn1)(OC1CCNCC1c1ccc(OC)cc1)C(=O)O. The number of pyridine rings is 1. The Bertz CT molecular complexity index is 1010. The Kier molecular flexibility index (Phi) is 8.32. The fourth-order valence-corrected chi connectivity index (χ4v) is 3.93. The van der Waals surface area contributed by atoms with Gasteiger partial charge in [-0.25, -0.2) is 4.79 Å². The minimum atomic E-state index is -2.55. The zero-order chi connectivity index (χ0) is 24.7. The van der Waals surface area contributed by atoms with Crippen LogP contribution in [0, 0.1) is 0 Å². The summed E-state index contributed by atoms with van der Waals surface area (Å²) in [5, 5.41) is 15.7. The minimum absolute atomic E-state index is 0.0488. The average Bonchev–Trinajstić information content (AvgIpc) is 2.88. The number of nitrogens with one attached hydrogen (secondary N) is 2. The number of piperidine rings is 1. The Morgan fingerprint density at radius 2 is 1.97 bits per heavy atom. The number of carbonyl (C=O) groups excluding carboxylic acids is 2. The highest BCUT2D eigenvalue weighted by Crippen LogP contribution is 2.31. The van der Waals surface area contributed by atoms with Gasteiger partial charge in [-0.2, -0.15) is 0 Å². The monoisotopic (exact) mass is 470 g/mol. The van der Waals surface area contributed by atoms with E-state index >= 15 is 0 Å². The highest BCUT2D eigenvalue weighted by atomic mass is 16.6. The van der Waals surface area contributed by atoms with Crippen molar-refractivity contribution in [2.75, 3.05) is 20.2 Å². The van der Waals surface area contributed by atoms with E-state index in [9.17, 15) is 19.5 Å². The van der Waals surface area contributed by atoms with Crippen molar-refractivity contribution in [3.05, 3.63) is 59.4 Å². The number of amides is 1. The number of Topliss-reactive ketones (excluding diaryl/α,β-unsaturated/α-hetero) is 1. The van der Waals surface area contributed by atoms with Crippen molar-refractivity contribution in [1.29, 1.82) is 0 Å². The Balaban J connectivity index is 1.92. The molecule has 182 valence electrons. The van der Waals surface area contributed by atoms with Crippen LogP contribution in [0.15, 0.2) is 42.6 Å². The maximum atomic E-state index is 13.0. The van der Waals surface area contributed by atoms with Crippen molar-refractivity contribution in [1.82, 2.24) is 15.6 Å². The zero-order valence-corrected chi connectivity index (χ0v) is 19.2. The fourth-order valence-electron chi connectivity index (χ4n) is 3.93. The van der Waals surface area contributed by atoms with Crippen LogP contribution in [-0.4, -0.2) is 59.8 Å². The van der Waals surface area contributed by atoms with Crippen molar-refractivity contribution in [3.63, 3.8) is 0 Å². The summed E-state index contributed by atoms with van der Waals surface area (Å²) >= 11 is 0. The summed E-state index contributed by atoms with van der Waals surface area (Å²) in [7, 11) is 1.57. The number of rotatable bonds is 10. The largest absolute Gasteiger partial charge is 0.497 e. The maximum absolute atomic E-state index is 13.0. The van der Waals surface area contributed by atoms with Crippen LogP contribution in [0.4, 0.5) is 0 Å². The Labute approximate surface area is 197 Å². The maximum Gasteiger partial charge on any atom is 0.365 e. The zero-order valence-electron chi connectivity index (χ0n) is 19.2. The lowest BCUT2D eigenvalue weighted by Gasteiger charge is -2.38. The molecular formula is C24H30N4O6. The molecule has 0 radical (unpaired) electrons. The summed E-state index contributed by atoms with van der Waals surface area (Å²) in [5.41, 5.74) is 4.57. The molecule has 1 aromatic carbocycles. The van der Waals surface area contributed by atoms with E-state index in [1.165, 1.54) is 19.2 Å². The third-order valence-electron chi connectivity index (χ3n) is 5.89. The van der Waals surface area contributed by atoms with Gasteiger partial charge in [0.05, 0.1) is 13.2 Å². The van der Waals surface area contributed by atoms with E-state index in [4.69, 9.17) is 15.2 Å². The molecule has 1 fully saturated rings. The first-order chi connectivity index (χ1) is 16.3. The number of aromatic nitrogens is 1. The molecule has 1 aromatic heterocycles. The van der Waals surface area contributed by atoms with Crippen LogP contribution in [0.1, 0.15) is 47.3 Å². The molecule has 3 rings (SSSR count). The minimum Gasteiger partial charge on any atom is -0.497 e. The molecule has 3 unspecified atom stereocenters. The predicted molar refractivity (Wildman–Crippen MR) is 123 cm³/mol. The molecule has 5 N–H and O–H groups in total. The van der Waals surface area contributed by atoms with Gasteiger partial charge in [0.15, 0.2) is 5.78 Å². The van der Waals surface area contributed by atoms with Crippen LogP contribution >= 0.6 is 0 Å². The van der Waals surface area contributed by atoms with Crippen molar-refractivity contribution in [2.24, 2.45) is 5.73 Å². The second kappa shape index (κ2) is 11.2. The molecule has 1 aliphatic heterocycles. The number of hydrogen-bond acceptors (Lipinski definition) is 8.